The monoisotopic (exact) mass is 292 g/mol. The van der Waals surface area contributed by atoms with Crippen LogP contribution in [0, 0.1) is 15.9 Å². The molecule has 1 N–H and O–H groups in total. The van der Waals surface area contributed by atoms with E-state index >= 15 is 0 Å². The number of nitro groups is 1. The Morgan fingerprint density at radius 3 is 2.90 bits per heavy atom. The fourth-order valence-electron chi connectivity index (χ4n) is 1.52. The van der Waals surface area contributed by atoms with Crippen LogP contribution in [-0.4, -0.2) is 21.4 Å². The largest absolute Gasteiger partial charge is 0.436 e. The molecule has 0 saturated carbocycles. The summed E-state index contributed by atoms with van der Waals surface area (Å²) in [6.45, 7) is 2.70. The summed E-state index contributed by atoms with van der Waals surface area (Å²) in [6.07, 6.45) is 2.38. The maximum Gasteiger partial charge on any atom is 0.272 e. The van der Waals surface area contributed by atoms with Gasteiger partial charge >= 0.3 is 0 Å². The minimum atomic E-state index is -0.828. The molecule has 0 aliphatic rings. The number of anilines is 1. The number of nitrogens with one attached hydrogen (secondary N) is 1. The number of benzene rings is 1. The minimum Gasteiger partial charge on any atom is -0.436 e. The second-order valence-electron chi connectivity index (χ2n) is 4.12. The lowest BCUT2D eigenvalue weighted by atomic mass is 10.3. The van der Waals surface area contributed by atoms with Crippen LogP contribution in [0.15, 0.2) is 30.5 Å². The predicted octanol–water partition coefficient (Wildman–Crippen LogP) is 3.14. The maximum absolute atomic E-state index is 13.7. The number of hydrogen-bond donors (Lipinski definition) is 1. The summed E-state index contributed by atoms with van der Waals surface area (Å²) in [7, 11) is 0. The van der Waals surface area contributed by atoms with E-state index in [1.807, 2.05) is 6.92 Å². The normalized spacial score (nSPS) is 10.2. The van der Waals surface area contributed by atoms with Gasteiger partial charge < -0.3 is 10.1 Å². The van der Waals surface area contributed by atoms with Gasteiger partial charge in [-0.1, -0.05) is 6.92 Å². The SMILES string of the molecule is CCCNc1nccc(Oc2ccc([N+](=O)[O-])cc2F)n1. The van der Waals surface area contributed by atoms with Crippen molar-refractivity contribution in [1.82, 2.24) is 9.97 Å². The molecule has 0 atom stereocenters. The second kappa shape index (κ2) is 6.60. The number of halogens is 1. The average molecular weight is 292 g/mol. The highest BCUT2D eigenvalue weighted by atomic mass is 19.1. The van der Waals surface area contributed by atoms with E-state index in [0.29, 0.717) is 12.5 Å². The lowest BCUT2D eigenvalue weighted by molar-refractivity contribution is -0.385. The molecule has 0 saturated heterocycles. The third-order valence-electron chi connectivity index (χ3n) is 2.50. The standard InChI is InChI=1S/C13H13FN4O3/c1-2-6-15-13-16-7-5-12(17-13)21-11-4-3-9(18(19)20)8-10(11)14/h3-5,7-8H,2,6H2,1H3,(H,15,16,17). The Labute approximate surface area is 120 Å². The fraction of sp³-hybridized carbons (Fsp3) is 0.231. The first-order chi connectivity index (χ1) is 10.1. The van der Waals surface area contributed by atoms with Gasteiger partial charge in [0.25, 0.3) is 5.69 Å². The summed E-state index contributed by atoms with van der Waals surface area (Å²) in [5, 5.41) is 13.5. The van der Waals surface area contributed by atoms with Crippen LogP contribution < -0.4 is 10.1 Å². The highest BCUT2D eigenvalue weighted by Gasteiger charge is 2.13. The first-order valence-corrected chi connectivity index (χ1v) is 6.29. The van der Waals surface area contributed by atoms with E-state index in [-0.39, 0.29) is 17.3 Å². The highest BCUT2D eigenvalue weighted by molar-refractivity contribution is 5.39. The predicted molar refractivity (Wildman–Crippen MR) is 73.9 cm³/mol. The number of nitrogens with zero attached hydrogens (tertiary/aromatic N) is 3. The molecule has 1 heterocycles. The number of hydrogen-bond acceptors (Lipinski definition) is 6. The van der Waals surface area contributed by atoms with Gasteiger partial charge in [0, 0.05) is 24.9 Å². The molecule has 0 radical (unpaired) electrons. The Kier molecular flexibility index (Phi) is 4.60. The molecule has 21 heavy (non-hydrogen) atoms. The van der Waals surface area contributed by atoms with Gasteiger partial charge in [0.05, 0.1) is 11.0 Å². The molecule has 7 nitrogen and oxygen atoms in total. The van der Waals surface area contributed by atoms with Crippen molar-refractivity contribution in [2.45, 2.75) is 13.3 Å². The van der Waals surface area contributed by atoms with Gasteiger partial charge in [0.2, 0.25) is 11.8 Å². The summed E-state index contributed by atoms with van der Waals surface area (Å²) in [5.74, 6) is -0.445. The van der Waals surface area contributed by atoms with Crippen LogP contribution >= 0.6 is 0 Å². The molecule has 0 aliphatic carbocycles. The van der Waals surface area contributed by atoms with Crippen LogP contribution in [0.5, 0.6) is 11.6 Å². The molecular weight excluding hydrogens is 279 g/mol. The molecule has 8 heteroatoms. The number of ether oxygens (including phenoxy) is 1. The summed E-state index contributed by atoms with van der Waals surface area (Å²) in [6, 6.07) is 4.62. The van der Waals surface area contributed by atoms with Crippen LogP contribution in [0.25, 0.3) is 0 Å². The second-order valence-corrected chi connectivity index (χ2v) is 4.12. The van der Waals surface area contributed by atoms with E-state index < -0.39 is 10.7 Å². The average Bonchev–Trinajstić information content (AvgIpc) is 2.47. The summed E-state index contributed by atoms with van der Waals surface area (Å²) in [4.78, 5) is 17.9. The number of non-ortho nitro benzene ring substituents is 1. The lowest BCUT2D eigenvalue weighted by Crippen LogP contribution is -2.04. The summed E-state index contributed by atoms with van der Waals surface area (Å²) in [5.41, 5.74) is -0.340. The van der Waals surface area contributed by atoms with Gasteiger partial charge in [-0.3, -0.25) is 10.1 Å². The maximum atomic E-state index is 13.7. The van der Waals surface area contributed by atoms with Crippen LogP contribution in [-0.2, 0) is 0 Å². The summed E-state index contributed by atoms with van der Waals surface area (Å²) < 4.78 is 19.0. The molecule has 2 aromatic rings. The topological polar surface area (TPSA) is 90.2 Å². The number of rotatable bonds is 6. The molecule has 2 rings (SSSR count). The van der Waals surface area contributed by atoms with Crippen LogP contribution in [0.3, 0.4) is 0 Å². The summed E-state index contributed by atoms with van der Waals surface area (Å²) >= 11 is 0. The van der Waals surface area contributed by atoms with Crippen molar-refractivity contribution in [3.8, 4) is 11.6 Å². The third-order valence-corrected chi connectivity index (χ3v) is 2.50. The smallest absolute Gasteiger partial charge is 0.272 e. The fourth-order valence-corrected chi connectivity index (χ4v) is 1.52. The van der Waals surface area contributed by atoms with Crippen molar-refractivity contribution in [3.63, 3.8) is 0 Å². The van der Waals surface area contributed by atoms with Gasteiger partial charge in [0.15, 0.2) is 11.6 Å². The van der Waals surface area contributed by atoms with E-state index in [2.05, 4.69) is 15.3 Å². The van der Waals surface area contributed by atoms with E-state index in [1.165, 1.54) is 18.3 Å². The van der Waals surface area contributed by atoms with Gasteiger partial charge in [-0.25, -0.2) is 9.37 Å². The zero-order valence-electron chi connectivity index (χ0n) is 11.2. The van der Waals surface area contributed by atoms with E-state index in [0.717, 1.165) is 18.6 Å². The Hall–Kier alpha value is -2.77. The van der Waals surface area contributed by atoms with Crippen LogP contribution in [0.1, 0.15) is 13.3 Å². The Morgan fingerprint density at radius 2 is 2.24 bits per heavy atom. The van der Waals surface area contributed by atoms with Crippen molar-refractivity contribution in [3.05, 3.63) is 46.4 Å². The first kappa shape index (κ1) is 14.6. The van der Waals surface area contributed by atoms with Gasteiger partial charge in [-0.15, -0.1) is 0 Å². The highest BCUT2D eigenvalue weighted by Crippen LogP contribution is 2.26. The Bertz CT molecular complexity index is 651. The molecule has 0 spiro atoms. The van der Waals surface area contributed by atoms with E-state index in [9.17, 15) is 14.5 Å². The third kappa shape index (κ3) is 3.85. The number of aromatic nitrogens is 2. The lowest BCUT2D eigenvalue weighted by Gasteiger charge is -2.07. The number of nitro benzene ring substituents is 1. The van der Waals surface area contributed by atoms with Gasteiger partial charge in [0.1, 0.15) is 0 Å². The van der Waals surface area contributed by atoms with Gasteiger partial charge in [-0.2, -0.15) is 4.98 Å². The van der Waals surface area contributed by atoms with Gasteiger partial charge in [-0.05, 0) is 12.5 Å². The zero-order chi connectivity index (χ0) is 15.2. The quantitative estimate of drug-likeness (QED) is 0.649. The molecule has 110 valence electrons. The minimum absolute atomic E-state index is 0.138. The molecule has 1 aromatic carbocycles. The van der Waals surface area contributed by atoms with Crippen LogP contribution in [0.2, 0.25) is 0 Å². The molecule has 0 bridgehead atoms. The van der Waals surface area contributed by atoms with E-state index in [4.69, 9.17) is 4.74 Å². The van der Waals surface area contributed by atoms with Crippen molar-refractivity contribution in [1.29, 1.82) is 0 Å². The van der Waals surface area contributed by atoms with Crippen LogP contribution in [0.4, 0.5) is 16.0 Å². The zero-order valence-corrected chi connectivity index (χ0v) is 11.2. The van der Waals surface area contributed by atoms with Crippen molar-refractivity contribution < 1.29 is 14.1 Å². The molecule has 0 aliphatic heterocycles. The Balaban J connectivity index is 2.16. The molecule has 0 amide bonds. The first-order valence-electron chi connectivity index (χ1n) is 6.29. The van der Waals surface area contributed by atoms with Crippen molar-refractivity contribution >= 4 is 11.6 Å². The van der Waals surface area contributed by atoms with E-state index in [1.54, 1.807) is 0 Å². The molecule has 0 fully saturated rings. The van der Waals surface area contributed by atoms with Crippen molar-refractivity contribution in [2.24, 2.45) is 0 Å². The molecule has 0 unspecified atom stereocenters. The van der Waals surface area contributed by atoms with Crippen molar-refractivity contribution in [2.75, 3.05) is 11.9 Å². The molecular formula is C13H13FN4O3. The molecule has 1 aromatic heterocycles. The Morgan fingerprint density at radius 1 is 1.43 bits per heavy atom.